The first-order chi connectivity index (χ1) is 12.8. The molecule has 2 aromatic carbocycles. The topological polar surface area (TPSA) is 101 Å². The lowest BCUT2D eigenvalue weighted by molar-refractivity contribution is -0.123. The number of aryl methyl sites for hydroxylation is 1. The van der Waals surface area contributed by atoms with Gasteiger partial charge in [-0.25, -0.2) is 21.1 Å². The van der Waals surface area contributed by atoms with E-state index in [0.717, 1.165) is 4.31 Å². The summed E-state index contributed by atoms with van der Waals surface area (Å²) >= 11 is 5.92. The molecule has 0 bridgehead atoms. The molecule has 1 aliphatic rings. The molecular weight excluding hydrogens is 424 g/mol. The number of carbonyl (C=O) groups is 1. The summed E-state index contributed by atoms with van der Waals surface area (Å²) in [4.78, 5) is 12.4. The fraction of sp³-hybridized carbons (Fsp3) is 0.278. The highest BCUT2D eigenvalue weighted by atomic mass is 35.5. The van der Waals surface area contributed by atoms with Gasteiger partial charge in [0.05, 0.1) is 27.4 Å². The summed E-state index contributed by atoms with van der Waals surface area (Å²) in [5.74, 6) is -0.843. The molecule has 1 N–H and O–H groups in total. The van der Waals surface area contributed by atoms with Crippen molar-refractivity contribution < 1.29 is 21.6 Å². The normalized spacial score (nSPS) is 18.3. The predicted octanol–water partition coefficient (Wildman–Crippen LogP) is 3.15. The van der Waals surface area contributed by atoms with E-state index in [0.29, 0.717) is 16.3 Å². The largest absolute Gasteiger partial charge is 0.279 e. The van der Waals surface area contributed by atoms with Crippen LogP contribution in [0.15, 0.2) is 47.4 Å². The number of halogens is 1. The third-order valence-corrected chi connectivity index (χ3v) is 8.05. The van der Waals surface area contributed by atoms with Gasteiger partial charge in [0.2, 0.25) is 15.9 Å². The van der Waals surface area contributed by atoms with Crippen LogP contribution in [0.3, 0.4) is 0 Å². The number of rotatable bonds is 4. The Morgan fingerprint density at radius 3 is 2.25 bits per heavy atom. The van der Waals surface area contributed by atoms with Crippen LogP contribution in [0.5, 0.6) is 0 Å². The minimum Gasteiger partial charge on any atom is -0.279 e. The van der Waals surface area contributed by atoms with E-state index in [9.17, 15) is 21.6 Å². The molecule has 1 aliphatic heterocycles. The number of hydrogen-bond acceptors (Lipinski definition) is 5. The second-order valence-electron chi connectivity index (χ2n) is 7.27. The zero-order valence-electron chi connectivity index (χ0n) is 15.4. The molecule has 0 unspecified atom stereocenters. The van der Waals surface area contributed by atoms with Gasteiger partial charge in [0, 0.05) is 5.02 Å². The van der Waals surface area contributed by atoms with Gasteiger partial charge in [0.15, 0.2) is 0 Å². The van der Waals surface area contributed by atoms with Gasteiger partial charge in [-0.3, -0.25) is 9.52 Å². The molecule has 0 atom stereocenters. The smallest absolute Gasteiger partial charge is 0.261 e. The molecule has 1 saturated heterocycles. The predicted molar refractivity (Wildman–Crippen MR) is 108 cm³/mol. The van der Waals surface area contributed by atoms with Gasteiger partial charge in [-0.1, -0.05) is 17.7 Å². The minimum atomic E-state index is -3.92. The first-order valence-electron chi connectivity index (χ1n) is 8.30. The molecule has 0 spiro atoms. The monoisotopic (exact) mass is 442 g/mol. The standard InChI is InChI=1S/C18H19ClN2O5S2/c1-12-4-5-13(19)10-16(12)20-28(25,26)15-8-6-14(7-9-15)21-17(22)18(2,3)11-27(21,23)24/h4-10,20H,11H2,1-3H3. The molecule has 150 valence electrons. The molecule has 1 amide bonds. The van der Waals surface area contributed by atoms with E-state index >= 15 is 0 Å². The number of anilines is 2. The second kappa shape index (κ2) is 6.75. The van der Waals surface area contributed by atoms with Crippen molar-refractivity contribution >= 4 is 48.9 Å². The molecule has 1 fully saturated rings. The molecule has 7 nitrogen and oxygen atoms in total. The number of sulfonamides is 2. The van der Waals surface area contributed by atoms with Gasteiger partial charge >= 0.3 is 0 Å². The molecular formula is C18H19ClN2O5S2. The van der Waals surface area contributed by atoms with Crippen LogP contribution in [0.25, 0.3) is 0 Å². The van der Waals surface area contributed by atoms with E-state index in [4.69, 9.17) is 11.6 Å². The van der Waals surface area contributed by atoms with E-state index in [1.165, 1.54) is 30.3 Å². The van der Waals surface area contributed by atoms with Gasteiger partial charge in [-0.15, -0.1) is 0 Å². The Bertz CT molecular complexity index is 1160. The number of carbonyl (C=O) groups excluding carboxylic acids is 1. The lowest BCUT2D eigenvalue weighted by Crippen LogP contribution is -2.32. The Morgan fingerprint density at radius 2 is 1.71 bits per heavy atom. The van der Waals surface area contributed by atoms with Crippen LogP contribution in [-0.2, 0) is 24.8 Å². The number of nitrogens with zero attached hydrogens (tertiary/aromatic N) is 1. The SMILES string of the molecule is Cc1ccc(Cl)cc1NS(=O)(=O)c1ccc(N2C(=O)C(C)(C)CS2(=O)=O)cc1. The van der Waals surface area contributed by atoms with Gasteiger partial charge < -0.3 is 0 Å². The summed E-state index contributed by atoms with van der Waals surface area (Å²) in [5.41, 5.74) is 0.111. The summed E-state index contributed by atoms with van der Waals surface area (Å²) in [6.07, 6.45) is 0. The molecule has 28 heavy (non-hydrogen) atoms. The second-order valence-corrected chi connectivity index (χ2v) is 11.2. The maximum absolute atomic E-state index is 12.6. The molecule has 0 aliphatic carbocycles. The Balaban J connectivity index is 1.92. The van der Waals surface area contributed by atoms with Gasteiger partial charge in [0.25, 0.3) is 10.0 Å². The molecule has 0 saturated carbocycles. The minimum absolute atomic E-state index is 0.0704. The zero-order valence-corrected chi connectivity index (χ0v) is 17.8. The van der Waals surface area contributed by atoms with Gasteiger partial charge in [0.1, 0.15) is 0 Å². The molecule has 2 aromatic rings. The maximum Gasteiger partial charge on any atom is 0.261 e. The van der Waals surface area contributed by atoms with Crippen molar-refractivity contribution in [2.75, 3.05) is 14.8 Å². The van der Waals surface area contributed by atoms with Crippen LogP contribution in [0.2, 0.25) is 5.02 Å². The molecule has 0 aromatic heterocycles. The van der Waals surface area contributed by atoms with Gasteiger partial charge in [-0.05, 0) is 62.7 Å². The zero-order chi connectivity index (χ0) is 20.9. The number of amides is 1. The van der Waals surface area contributed by atoms with Crippen molar-refractivity contribution in [1.82, 2.24) is 0 Å². The molecule has 3 rings (SSSR count). The van der Waals surface area contributed by atoms with E-state index in [1.807, 2.05) is 0 Å². The number of benzene rings is 2. The van der Waals surface area contributed by atoms with Crippen LogP contribution >= 0.6 is 11.6 Å². The number of nitrogens with one attached hydrogen (secondary N) is 1. The Labute approximate surface area is 169 Å². The Morgan fingerprint density at radius 1 is 1.11 bits per heavy atom. The molecule has 1 heterocycles. The van der Waals surface area contributed by atoms with Crippen LogP contribution in [0, 0.1) is 12.3 Å². The van der Waals surface area contributed by atoms with Crippen molar-refractivity contribution in [1.29, 1.82) is 0 Å². The van der Waals surface area contributed by atoms with Crippen molar-refractivity contribution in [2.45, 2.75) is 25.7 Å². The maximum atomic E-state index is 12.6. The Kier molecular flexibility index (Phi) is 4.97. The summed E-state index contributed by atoms with van der Waals surface area (Å²) in [6.45, 7) is 4.86. The van der Waals surface area contributed by atoms with Crippen LogP contribution in [-0.4, -0.2) is 28.5 Å². The van der Waals surface area contributed by atoms with E-state index < -0.39 is 31.4 Å². The molecule has 0 radical (unpaired) electrons. The third-order valence-electron chi connectivity index (χ3n) is 4.41. The van der Waals surface area contributed by atoms with Crippen LogP contribution < -0.4 is 9.03 Å². The highest BCUT2D eigenvalue weighted by Crippen LogP contribution is 2.36. The highest BCUT2D eigenvalue weighted by Gasteiger charge is 2.49. The van der Waals surface area contributed by atoms with Crippen molar-refractivity contribution in [3.05, 3.63) is 53.1 Å². The lowest BCUT2D eigenvalue weighted by Gasteiger charge is -2.18. The van der Waals surface area contributed by atoms with Crippen molar-refractivity contribution in [2.24, 2.45) is 5.41 Å². The average Bonchev–Trinajstić information content (AvgIpc) is 2.74. The fourth-order valence-electron chi connectivity index (χ4n) is 2.93. The number of hydrogen-bond donors (Lipinski definition) is 1. The average molecular weight is 443 g/mol. The van der Waals surface area contributed by atoms with Crippen LogP contribution in [0.4, 0.5) is 11.4 Å². The van der Waals surface area contributed by atoms with Crippen molar-refractivity contribution in [3.63, 3.8) is 0 Å². The lowest BCUT2D eigenvalue weighted by atomic mass is 9.95. The van der Waals surface area contributed by atoms with Crippen LogP contribution in [0.1, 0.15) is 19.4 Å². The quantitative estimate of drug-likeness (QED) is 0.783. The first-order valence-corrected chi connectivity index (χ1v) is 11.8. The van der Waals surface area contributed by atoms with E-state index in [1.54, 1.807) is 32.9 Å². The van der Waals surface area contributed by atoms with E-state index in [2.05, 4.69) is 4.72 Å². The summed E-state index contributed by atoms with van der Waals surface area (Å²) in [5, 5.41) is 0.388. The summed E-state index contributed by atoms with van der Waals surface area (Å²) in [7, 11) is -7.72. The first kappa shape index (κ1) is 20.6. The molecule has 10 heteroatoms. The third kappa shape index (κ3) is 3.74. The van der Waals surface area contributed by atoms with Gasteiger partial charge in [-0.2, -0.15) is 0 Å². The fourth-order valence-corrected chi connectivity index (χ4v) is 6.33. The summed E-state index contributed by atoms with van der Waals surface area (Å²) in [6, 6.07) is 9.96. The Hall–Kier alpha value is -2.10. The summed E-state index contributed by atoms with van der Waals surface area (Å²) < 4.78 is 53.2. The van der Waals surface area contributed by atoms with E-state index in [-0.39, 0.29) is 16.3 Å². The van der Waals surface area contributed by atoms with Crippen molar-refractivity contribution in [3.8, 4) is 0 Å². The highest BCUT2D eigenvalue weighted by molar-refractivity contribution is 7.94.